The van der Waals surface area contributed by atoms with E-state index in [0.29, 0.717) is 6.61 Å². The predicted octanol–water partition coefficient (Wildman–Crippen LogP) is 4.11. The van der Waals surface area contributed by atoms with Gasteiger partial charge in [0.25, 0.3) is 0 Å². The lowest BCUT2D eigenvalue weighted by Gasteiger charge is -2.42. The standard InChI is InChI=1S/C17H24O3/c1-13-6-8-15(9-7-13)14(2)16-12-18-17(20-19-16)10-4-3-5-11-17/h6-9,14,16H,3-5,10-12H2,1-2H3. The first kappa shape index (κ1) is 14.1. The Morgan fingerprint density at radius 1 is 1.10 bits per heavy atom. The average Bonchev–Trinajstić information content (AvgIpc) is 2.49. The van der Waals surface area contributed by atoms with Crippen LogP contribution in [0.1, 0.15) is 56.1 Å². The van der Waals surface area contributed by atoms with E-state index in [9.17, 15) is 0 Å². The van der Waals surface area contributed by atoms with Crippen LogP contribution in [0.2, 0.25) is 0 Å². The van der Waals surface area contributed by atoms with Gasteiger partial charge in [-0.15, -0.1) is 0 Å². The first-order valence-corrected chi connectivity index (χ1v) is 7.74. The lowest BCUT2D eigenvalue weighted by atomic mass is 9.92. The Labute approximate surface area is 121 Å². The van der Waals surface area contributed by atoms with Crippen LogP contribution in [0.15, 0.2) is 24.3 Å². The van der Waals surface area contributed by atoms with Crippen molar-refractivity contribution in [3.05, 3.63) is 35.4 Å². The first-order chi connectivity index (χ1) is 9.69. The molecule has 1 aliphatic heterocycles. The van der Waals surface area contributed by atoms with E-state index < -0.39 is 5.79 Å². The SMILES string of the molecule is Cc1ccc(C(C)C2COC3(CCCCC3)OO2)cc1. The molecule has 2 atom stereocenters. The van der Waals surface area contributed by atoms with Crippen LogP contribution in [-0.2, 0) is 14.5 Å². The van der Waals surface area contributed by atoms with Crippen LogP contribution >= 0.6 is 0 Å². The normalized spacial score (nSPS) is 27.4. The topological polar surface area (TPSA) is 27.7 Å². The van der Waals surface area contributed by atoms with Gasteiger partial charge in [-0.3, -0.25) is 0 Å². The van der Waals surface area contributed by atoms with Gasteiger partial charge >= 0.3 is 0 Å². The van der Waals surface area contributed by atoms with Crippen molar-refractivity contribution in [1.82, 2.24) is 0 Å². The molecule has 110 valence electrons. The smallest absolute Gasteiger partial charge is 0.201 e. The molecule has 0 aromatic heterocycles. The highest BCUT2D eigenvalue weighted by molar-refractivity contribution is 5.24. The van der Waals surface area contributed by atoms with Crippen LogP contribution in [0.3, 0.4) is 0 Å². The van der Waals surface area contributed by atoms with E-state index in [1.165, 1.54) is 30.4 Å². The Balaban J connectivity index is 1.61. The molecule has 2 fully saturated rings. The van der Waals surface area contributed by atoms with E-state index in [-0.39, 0.29) is 12.0 Å². The third-order valence-corrected chi connectivity index (χ3v) is 4.61. The Hall–Kier alpha value is -0.900. The van der Waals surface area contributed by atoms with Crippen molar-refractivity contribution in [2.75, 3.05) is 6.61 Å². The number of rotatable bonds is 2. The van der Waals surface area contributed by atoms with E-state index in [2.05, 4.69) is 38.1 Å². The molecule has 0 radical (unpaired) electrons. The Kier molecular flexibility index (Phi) is 4.11. The molecule has 0 bridgehead atoms. The van der Waals surface area contributed by atoms with Crippen LogP contribution in [0.5, 0.6) is 0 Å². The van der Waals surface area contributed by atoms with Crippen molar-refractivity contribution in [2.24, 2.45) is 0 Å². The number of ether oxygens (including phenoxy) is 1. The summed E-state index contributed by atoms with van der Waals surface area (Å²) in [4.78, 5) is 11.4. The number of hydrogen-bond acceptors (Lipinski definition) is 3. The molecular weight excluding hydrogens is 252 g/mol. The van der Waals surface area contributed by atoms with E-state index in [4.69, 9.17) is 14.5 Å². The zero-order valence-electron chi connectivity index (χ0n) is 12.4. The molecule has 1 heterocycles. The van der Waals surface area contributed by atoms with E-state index >= 15 is 0 Å². The summed E-state index contributed by atoms with van der Waals surface area (Å²) in [5.41, 5.74) is 2.55. The summed E-state index contributed by atoms with van der Waals surface area (Å²) in [6, 6.07) is 8.60. The molecular formula is C17H24O3. The van der Waals surface area contributed by atoms with Gasteiger partial charge in [-0.25, -0.2) is 9.78 Å². The van der Waals surface area contributed by atoms with Crippen molar-refractivity contribution < 1.29 is 14.5 Å². The summed E-state index contributed by atoms with van der Waals surface area (Å²) in [5.74, 6) is -0.182. The third-order valence-electron chi connectivity index (χ3n) is 4.61. The molecule has 1 aromatic rings. The van der Waals surface area contributed by atoms with Crippen molar-refractivity contribution in [3.63, 3.8) is 0 Å². The molecule has 1 saturated carbocycles. The largest absolute Gasteiger partial charge is 0.344 e. The molecule has 3 rings (SSSR count). The summed E-state index contributed by atoms with van der Waals surface area (Å²) < 4.78 is 6.04. The summed E-state index contributed by atoms with van der Waals surface area (Å²) in [6.07, 6.45) is 5.50. The van der Waals surface area contributed by atoms with Crippen molar-refractivity contribution >= 4 is 0 Å². The number of aryl methyl sites for hydroxylation is 1. The van der Waals surface area contributed by atoms with Crippen molar-refractivity contribution in [1.29, 1.82) is 0 Å². The molecule has 1 spiro atoms. The highest BCUT2D eigenvalue weighted by Crippen LogP contribution is 2.38. The molecule has 2 unspecified atom stereocenters. The maximum atomic E-state index is 6.04. The van der Waals surface area contributed by atoms with Crippen LogP contribution in [0, 0.1) is 6.92 Å². The Morgan fingerprint density at radius 3 is 2.40 bits per heavy atom. The van der Waals surface area contributed by atoms with Gasteiger partial charge in [0, 0.05) is 18.8 Å². The highest BCUT2D eigenvalue weighted by atomic mass is 17.2. The first-order valence-electron chi connectivity index (χ1n) is 7.74. The van der Waals surface area contributed by atoms with Gasteiger partial charge in [-0.1, -0.05) is 43.2 Å². The minimum atomic E-state index is -0.457. The van der Waals surface area contributed by atoms with Crippen LogP contribution < -0.4 is 0 Å². The maximum Gasteiger partial charge on any atom is 0.201 e. The fourth-order valence-corrected chi connectivity index (χ4v) is 3.07. The lowest BCUT2D eigenvalue weighted by molar-refractivity contribution is -0.493. The van der Waals surface area contributed by atoms with Gasteiger partial charge in [0.15, 0.2) is 0 Å². The molecule has 0 N–H and O–H groups in total. The summed E-state index contributed by atoms with van der Waals surface area (Å²) in [6.45, 7) is 4.89. The lowest BCUT2D eigenvalue weighted by Crippen LogP contribution is -2.47. The Morgan fingerprint density at radius 2 is 1.80 bits per heavy atom. The monoisotopic (exact) mass is 276 g/mol. The molecule has 3 nitrogen and oxygen atoms in total. The quantitative estimate of drug-likeness (QED) is 0.761. The van der Waals surface area contributed by atoms with Gasteiger partial charge < -0.3 is 4.74 Å². The second-order valence-electron chi connectivity index (χ2n) is 6.20. The molecule has 1 aliphatic carbocycles. The second kappa shape index (κ2) is 5.84. The summed E-state index contributed by atoms with van der Waals surface area (Å²) in [7, 11) is 0. The molecule has 3 heteroatoms. The van der Waals surface area contributed by atoms with E-state index in [0.717, 1.165) is 12.8 Å². The molecule has 0 amide bonds. The van der Waals surface area contributed by atoms with Gasteiger partial charge in [0.1, 0.15) is 6.10 Å². The number of benzene rings is 1. The zero-order chi connectivity index (χ0) is 14.0. The fraction of sp³-hybridized carbons (Fsp3) is 0.647. The van der Waals surface area contributed by atoms with Crippen molar-refractivity contribution in [2.45, 2.75) is 63.8 Å². The summed E-state index contributed by atoms with van der Waals surface area (Å²) >= 11 is 0. The molecule has 20 heavy (non-hydrogen) atoms. The second-order valence-corrected chi connectivity index (χ2v) is 6.20. The third kappa shape index (κ3) is 2.90. The Bertz CT molecular complexity index is 424. The molecule has 1 saturated heterocycles. The minimum absolute atomic E-state index is 0.0229. The van der Waals surface area contributed by atoms with Gasteiger partial charge in [-0.05, 0) is 25.3 Å². The maximum absolute atomic E-state index is 6.04. The molecule has 2 aliphatic rings. The zero-order valence-corrected chi connectivity index (χ0v) is 12.4. The molecule has 1 aromatic carbocycles. The minimum Gasteiger partial charge on any atom is -0.344 e. The van der Waals surface area contributed by atoms with Gasteiger partial charge in [-0.2, -0.15) is 0 Å². The van der Waals surface area contributed by atoms with Crippen molar-refractivity contribution in [3.8, 4) is 0 Å². The summed E-state index contributed by atoms with van der Waals surface area (Å²) in [5, 5.41) is 0. The van der Waals surface area contributed by atoms with Crippen LogP contribution in [0.25, 0.3) is 0 Å². The van der Waals surface area contributed by atoms with Crippen LogP contribution in [-0.4, -0.2) is 18.5 Å². The highest BCUT2D eigenvalue weighted by Gasteiger charge is 2.41. The van der Waals surface area contributed by atoms with Gasteiger partial charge in [0.2, 0.25) is 5.79 Å². The average molecular weight is 276 g/mol. The van der Waals surface area contributed by atoms with Crippen LogP contribution in [0.4, 0.5) is 0 Å². The van der Waals surface area contributed by atoms with E-state index in [1.807, 2.05) is 0 Å². The van der Waals surface area contributed by atoms with Gasteiger partial charge in [0.05, 0.1) is 6.61 Å². The number of hydrogen-bond donors (Lipinski definition) is 0. The van der Waals surface area contributed by atoms with E-state index in [1.54, 1.807) is 0 Å². The fourth-order valence-electron chi connectivity index (χ4n) is 3.07. The predicted molar refractivity (Wildman–Crippen MR) is 77.3 cm³/mol.